The van der Waals surface area contributed by atoms with Gasteiger partial charge in [0.25, 0.3) is 0 Å². The van der Waals surface area contributed by atoms with Crippen LogP contribution in [0.1, 0.15) is 0 Å². The molecule has 0 amide bonds. The molecule has 0 saturated carbocycles. The molecule has 1 saturated heterocycles. The molecule has 8 heavy (non-hydrogen) atoms. The van der Waals surface area contributed by atoms with E-state index < -0.39 is 0 Å². The first kappa shape index (κ1) is 5.61. The molecule has 1 aliphatic heterocycles. The lowest BCUT2D eigenvalue weighted by molar-refractivity contribution is 0.480. The second kappa shape index (κ2) is 2.71. The van der Waals surface area contributed by atoms with Crippen molar-refractivity contribution in [3.8, 4) is 12.3 Å². The van der Waals surface area contributed by atoms with Crippen LogP contribution in [0.2, 0.25) is 0 Å². The Morgan fingerprint density at radius 1 is 1.50 bits per heavy atom. The predicted octanol–water partition coefficient (Wildman–Crippen LogP) is -0.819. The Morgan fingerprint density at radius 3 is 2.75 bits per heavy atom. The Bertz CT molecular complexity index is 97.6. The van der Waals surface area contributed by atoms with Crippen LogP contribution in [0, 0.1) is 12.3 Å². The number of nitrogens with one attached hydrogen (secondary N) is 2. The number of rotatable bonds is 0. The highest BCUT2D eigenvalue weighted by atomic mass is 15.0. The second-order valence-electron chi connectivity index (χ2n) is 1.88. The van der Waals surface area contributed by atoms with Gasteiger partial charge in [0.15, 0.2) is 0 Å². The van der Waals surface area contributed by atoms with E-state index >= 15 is 0 Å². The van der Waals surface area contributed by atoms with Crippen LogP contribution in [-0.4, -0.2) is 25.7 Å². The number of terminal acetylenes is 1. The summed E-state index contributed by atoms with van der Waals surface area (Å²) in [4.78, 5) is 0. The number of hydrogen-bond acceptors (Lipinski definition) is 2. The van der Waals surface area contributed by atoms with E-state index in [-0.39, 0.29) is 6.04 Å². The van der Waals surface area contributed by atoms with Crippen molar-refractivity contribution in [2.75, 3.05) is 19.6 Å². The molecule has 1 fully saturated rings. The standard InChI is InChI=1S/C6H10N2/c1-2-6-5-7-3-4-8-6/h1,6-8H,3-5H2/t6-/m1/s1. The molecule has 0 aromatic carbocycles. The summed E-state index contributed by atoms with van der Waals surface area (Å²) < 4.78 is 0. The van der Waals surface area contributed by atoms with Crippen LogP contribution in [0.3, 0.4) is 0 Å². The topological polar surface area (TPSA) is 24.1 Å². The van der Waals surface area contributed by atoms with Crippen LogP contribution in [0.5, 0.6) is 0 Å². The van der Waals surface area contributed by atoms with Gasteiger partial charge in [0, 0.05) is 19.6 Å². The van der Waals surface area contributed by atoms with Crippen molar-refractivity contribution in [2.24, 2.45) is 0 Å². The maximum atomic E-state index is 5.15. The van der Waals surface area contributed by atoms with Gasteiger partial charge < -0.3 is 10.6 Å². The zero-order chi connectivity index (χ0) is 5.82. The first-order valence-corrected chi connectivity index (χ1v) is 2.83. The van der Waals surface area contributed by atoms with E-state index in [1.54, 1.807) is 0 Å². The van der Waals surface area contributed by atoms with Gasteiger partial charge in [-0.25, -0.2) is 0 Å². The Labute approximate surface area is 49.7 Å². The fourth-order valence-corrected chi connectivity index (χ4v) is 0.771. The van der Waals surface area contributed by atoms with Crippen molar-refractivity contribution in [2.45, 2.75) is 6.04 Å². The summed E-state index contributed by atoms with van der Waals surface area (Å²) in [6.07, 6.45) is 5.15. The third-order valence-corrected chi connectivity index (χ3v) is 1.24. The summed E-state index contributed by atoms with van der Waals surface area (Å²) >= 11 is 0. The molecule has 0 aromatic rings. The molecule has 0 unspecified atom stereocenters. The molecule has 2 N–H and O–H groups in total. The third-order valence-electron chi connectivity index (χ3n) is 1.24. The first-order chi connectivity index (χ1) is 3.93. The lowest BCUT2D eigenvalue weighted by atomic mass is 10.2. The van der Waals surface area contributed by atoms with Crippen LogP contribution in [0.15, 0.2) is 0 Å². The monoisotopic (exact) mass is 110 g/mol. The lowest BCUT2D eigenvalue weighted by Crippen LogP contribution is -2.47. The number of piperazine rings is 1. The van der Waals surface area contributed by atoms with E-state index in [0.717, 1.165) is 19.6 Å². The van der Waals surface area contributed by atoms with Gasteiger partial charge in [-0.1, -0.05) is 5.92 Å². The molecule has 0 bridgehead atoms. The molecule has 44 valence electrons. The molecular weight excluding hydrogens is 100 g/mol. The summed E-state index contributed by atoms with van der Waals surface area (Å²) in [5.41, 5.74) is 0. The second-order valence-corrected chi connectivity index (χ2v) is 1.88. The molecule has 1 atom stereocenters. The van der Waals surface area contributed by atoms with Gasteiger partial charge >= 0.3 is 0 Å². The summed E-state index contributed by atoms with van der Waals surface area (Å²) in [5, 5.41) is 6.35. The van der Waals surface area contributed by atoms with Crippen LogP contribution in [0.4, 0.5) is 0 Å². The van der Waals surface area contributed by atoms with E-state index in [0.29, 0.717) is 0 Å². The molecule has 2 heteroatoms. The van der Waals surface area contributed by atoms with Gasteiger partial charge in [-0.2, -0.15) is 0 Å². The van der Waals surface area contributed by atoms with Crippen LogP contribution in [-0.2, 0) is 0 Å². The van der Waals surface area contributed by atoms with Crippen molar-refractivity contribution in [3.05, 3.63) is 0 Å². The predicted molar refractivity (Wildman–Crippen MR) is 33.5 cm³/mol. The largest absolute Gasteiger partial charge is 0.313 e. The highest BCUT2D eigenvalue weighted by Gasteiger charge is 2.06. The maximum Gasteiger partial charge on any atom is 0.0813 e. The SMILES string of the molecule is C#C[C@@H]1CNCCN1. The average Bonchev–Trinajstić information content (AvgIpc) is 1.90. The summed E-state index contributed by atoms with van der Waals surface area (Å²) in [6.45, 7) is 2.95. The van der Waals surface area contributed by atoms with Crippen LogP contribution in [0.25, 0.3) is 0 Å². The summed E-state index contributed by atoms with van der Waals surface area (Å²) in [6, 6.07) is 0.253. The first-order valence-electron chi connectivity index (χ1n) is 2.83. The summed E-state index contributed by atoms with van der Waals surface area (Å²) in [5.74, 6) is 2.63. The van der Waals surface area contributed by atoms with Crippen LogP contribution >= 0.6 is 0 Å². The smallest absolute Gasteiger partial charge is 0.0813 e. The van der Waals surface area contributed by atoms with Crippen molar-refractivity contribution < 1.29 is 0 Å². The normalized spacial score (nSPS) is 29.1. The van der Waals surface area contributed by atoms with Gasteiger partial charge in [-0.15, -0.1) is 6.42 Å². The Hall–Kier alpha value is -0.520. The highest BCUT2D eigenvalue weighted by Crippen LogP contribution is 1.81. The lowest BCUT2D eigenvalue weighted by Gasteiger charge is -2.19. The third kappa shape index (κ3) is 1.22. The summed E-state index contributed by atoms with van der Waals surface area (Å²) in [7, 11) is 0. The molecular formula is C6H10N2. The average molecular weight is 110 g/mol. The van der Waals surface area contributed by atoms with Crippen molar-refractivity contribution in [1.29, 1.82) is 0 Å². The quantitative estimate of drug-likeness (QED) is 0.398. The fraction of sp³-hybridized carbons (Fsp3) is 0.667. The van der Waals surface area contributed by atoms with Gasteiger partial charge in [-0.3, -0.25) is 0 Å². The van der Waals surface area contributed by atoms with E-state index in [1.807, 2.05) is 0 Å². The molecule has 0 aliphatic carbocycles. The van der Waals surface area contributed by atoms with Crippen LogP contribution < -0.4 is 10.6 Å². The van der Waals surface area contributed by atoms with E-state index in [9.17, 15) is 0 Å². The Kier molecular flexibility index (Phi) is 1.90. The van der Waals surface area contributed by atoms with Gasteiger partial charge in [0.1, 0.15) is 0 Å². The van der Waals surface area contributed by atoms with Crippen molar-refractivity contribution in [1.82, 2.24) is 10.6 Å². The van der Waals surface area contributed by atoms with Crippen molar-refractivity contribution >= 4 is 0 Å². The molecule has 1 aliphatic rings. The van der Waals surface area contributed by atoms with Crippen molar-refractivity contribution in [3.63, 3.8) is 0 Å². The van der Waals surface area contributed by atoms with E-state index in [4.69, 9.17) is 6.42 Å². The maximum absolute atomic E-state index is 5.15. The van der Waals surface area contributed by atoms with E-state index in [1.165, 1.54) is 0 Å². The molecule has 2 nitrogen and oxygen atoms in total. The molecule has 1 heterocycles. The minimum absolute atomic E-state index is 0.253. The van der Waals surface area contributed by atoms with E-state index in [2.05, 4.69) is 16.6 Å². The minimum atomic E-state index is 0.253. The molecule has 1 rings (SSSR count). The zero-order valence-corrected chi connectivity index (χ0v) is 4.78. The minimum Gasteiger partial charge on any atom is -0.313 e. The van der Waals surface area contributed by atoms with Gasteiger partial charge in [0.05, 0.1) is 6.04 Å². The highest BCUT2D eigenvalue weighted by molar-refractivity contribution is 5.01. The molecule has 0 radical (unpaired) electrons. The molecule has 0 aromatic heterocycles. The van der Waals surface area contributed by atoms with Gasteiger partial charge in [-0.05, 0) is 0 Å². The molecule has 0 spiro atoms. The Morgan fingerprint density at radius 2 is 2.38 bits per heavy atom. The number of hydrogen-bond donors (Lipinski definition) is 2. The van der Waals surface area contributed by atoms with Gasteiger partial charge in [0.2, 0.25) is 0 Å². The Balaban J connectivity index is 2.25. The fourth-order valence-electron chi connectivity index (χ4n) is 0.771. The zero-order valence-electron chi connectivity index (χ0n) is 4.78.